The average molecular weight is 563 g/mol. The minimum absolute atomic E-state index is 0.0284. The molecule has 7 nitrogen and oxygen atoms in total. The zero-order chi connectivity index (χ0) is 26.3. The number of hydrogen-bond acceptors (Lipinski definition) is 4. The Balaban J connectivity index is 2.22. The van der Waals surface area contributed by atoms with Crippen LogP contribution in [0, 0.1) is 6.92 Å². The molecule has 2 rings (SSSR count). The fraction of sp³-hybridized carbons (Fsp3) is 0.417. The van der Waals surface area contributed by atoms with E-state index in [-0.39, 0.29) is 37.7 Å². The number of nitrogens with zero attached hydrogens (tertiary/aromatic N) is 2. The van der Waals surface area contributed by atoms with Gasteiger partial charge in [0, 0.05) is 41.1 Å². The topological polar surface area (TPSA) is 86.8 Å². The molecule has 35 heavy (non-hydrogen) atoms. The van der Waals surface area contributed by atoms with E-state index < -0.39 is 16.1 Å². The molecular weight excluding hydrogens is 533 g/mol. The summed E-state index contributed by atoms with van der Waals surface area (Å²) < 4.78 is 26.2. The Kier molecular flexibility index (Phi) is 10.7. The second-order valence-electron chi connectivity index (χ2n) is 8.20. The summed E-state index contributed by atoms with van der Waals surface area (Å²) >= 11 is 18.4. The molecule has 0 aliphatic rings. The lowest BCUT2D eigenvalue weighted by atomic mass is 10.1. The Bertz CT molecular complexity index is 1170. The Morgan fingerprint density at radius 2 is 1.69 bits per heavy atom. The lowest BCUT2D eigenvalue weighted by Crippen LogP contribution is -2.47. The van der Waals surface area contributed by atoms with Gasteiger partial charge < -0.3 is 10.2 Å². The van der Waals surface area contributed by atoms with E-state index in [1.165, 1.54) is 9.21 Å². The van der Waals surface area contributed by atoms with Gasteiger partial charge in [0.05, 0.1) is 11.9 Å². The molecule has 2 aromatic carbocycles. The summed E-state index contributed by atoms with van der Waals surface area (Å²) in [5.41, 5.74) is 1.86. The largest absolute Gasteiger partial charge is 0.355 e. The van der Waals surface area contributed by atoms with E-state index >= 15 is 0 Å². The zero-order valence-corrected chi connectivity index (χ0v) is 23.2. The Hall–Kier alpha value is -2.00. The molecule has 1 N–H and O–H groups in total. The van der Waals surface area contributed by atoms with Crippen molar-refractivity contribution in [3.05, 3.63) is 62.6 Å². The summed E-state index contributed by atoms with van der Waals surface area (Å²) in [6, 6.07) is 9.22. The van der Waals surface area contributed by atoms with Gasteiger partial charge in [-0.3, -0.25) is 13.9 Å². The van der Waals surface area contributed by atoms with Crippen LogP contribution in [0.1, 0.15) is 37.8 Å². The average Bonchev–Trinajstić information content (AvgIpc) is 2.77. The molecule has 0 radical (unpaired) electrons. The SMILES string of the molecule is CCNC(=O)[C@H](C)N(Cc1ccc(Cl)cc1Cl)C(=O)CCCN(c1cc(Cl)ccc1C)S(C)(=O)=O. The van der Waals surface area contributed by atoms with Crippen molar-refractivity contribution in [1.82, 2.24) is 10.2 Å². The van der Waals surface area contributed by atoms with Gasteiger partial charge in [-0.25, -0.2) is 8.42 Å². The van der Waals surface area contributed by atoms with E-state index in [2.05, 4.69) is 5.32 Å². The Morgan fingerprint density at radius 1 is 1.06 bits per heavy atom. The number of aryl methyl sites for hydroxylation is 1. The van der Waals surface area contributed by atoms with Gasteiger partial charge in [0.1, 0.15) is 6.04 Å². The van der Waals surface area contributed by atoms with Crippen LogP contribution in [0.4, 0.5) is 5.69 Å². The smallest absolute Gasteiger partial charge is 0.242 e. The van der Waals surface area contributed by atoms with Crippen LogP contribution in [0.15, 0.2) is 36.4 Å². The fourth-order valence-corrected chi connectivity index (χ4v) is 5.22. The monoisotopic (exact) mass is 561 g/mol. The number of halogens is 3. The molecule has 2 aromatic rings. The van der Waals surface area contributed by atoms with Crippen LogP contribution in [0.25, 0.3) is 0 Å². The summed E-state index contributed by atoms with van der Waals surface area (Å²) in [4.78, 5) is 27.2. The maximum Gasteiger partial charge on any atom is 0.242 e. The number of anilines is 1. The molecule has 0 saturated carbocycles. The van der Waals surface area contributed by atoms with Gasteiger partial charge in [-0.05, 0) is 62.6 Å². The maximum atomic E-state index is 13.3. The molecule has 0 unspecified atom stereocenters. The standard InChI is InChI=1S/C24H30Cl3N3O4S/c1-5-28-24(32)17(3)29(15-18-9-11-19(25)13-21(18)27)23(31)7-6-12-30(35(4,33)34)22-14-20(26)10-8-16(22)2/h8-11,13-14,17H,5-7,12,15H2,1-4H3,(H,28,32)/t17-/m0/s1. The van der Waals surface area contributed by atoms with Crippen molar-refractivity contribution in [1.29, 1.82) is 0 Å². The fourth-order valence-electron chi connectivity index (χ4n) is 3.57. The van der Waals surface area contributed by atoms with Crippen LogP contribution >= 0.6 is 34.8 Å². The molecule has 11 heteroatoms. The highest BCUT2D eigenvalue weighted by atomic mass is 35.5. The third kappa shape index (κ3) is 8.27. The predicted molar refractivity (Wildman–Crippen MR) is 143 cm³/mol. The third-order valence-electron chi connectivity index (χ3n) is 5.47. The van der Waals surface area contributed by atoms with Crippen LogP contribution in [-0.2, 0) is 26.2 Å². The Labute approximate surface area is 222 Å². The number of hydrogen-bond donors (Lipinski definition) is 1. The van der Waals surface area contributed by atoms with E-state index in [0.717, 1.165) is 11.8 Å². The highest BCUT2D eigenvalue weighted by Gasteiger charge is 2.27. The highest BCUT2D eigenvalue weighted by molar-refractivity contribution is 7.92. The van der Waals surface area contributed by atoms with Crippen molar-refractivity contribution in [3.8, 4) is 0 Å². The number of carbonyl (C=O) groups excluding carboxylic acids is 2. The summed E-state index contributed by atoms with van der Waals surface area (Å²) in [6.07, 6.45) is 1.38. The normalized spacial score (nSPS) is 12.2. The third-order valence-corrected chi connectivity index (χ3v) is 7.47. The van der Waals surface area contributed by atoms with Crippen molar-refractivity contribution in [2.45, 2.75) is 46.2 Å². The van der Waals surface area contributed by atoms with Crippen molar-refractivity contribution in [3.63, 3.8) is 0 Å². The molecule has 0 saturated heterocycles. The van der Waals surface area contributed by atoms with E-state index in [1.807, 2.05) is 0 Å². The molecule has 192 valence electrons. The first kappa shape index (κ1) is 29.2. The lowest BCUT2D eigenvalue weighted by molar-refractivity contribution is -0.140. The quantitative estimate of drug-likeness (QED) is 0.415. The van der Waals surface area contributed by atoms with Crippen molar-refractivity contribution >= 4 is 62.3 Å². The van der Waals surface area contributed by atoms with Crippen LogP contribution in [0.2, 0.25) is 15.1 Å². The first-order valence-corrected chi connectivity index (χ1v) is 14.1. The first-order chi connectivity index (χ1) is 16.3. The Morgan fingerprint density at radius 3 is 2.29 bits per heavy atom. The number of sulfonamides is 1. The van der Waals surface area contributed by atoms with Crippen LogP contribution in [-0.4, -0.2) is 50.5 Å². The number of likely N-dealkylation sites (N-methyl/N-ethyl adjacent to an activating group) is 1. The molecule has 0 aromatic heterocycles. The van der Waals surface area contributed by atoms with Crippen LogP contribution in [0.3, 0.4) is 0 Å². The van der Waals surface area contributed by atoms with Crippen LogP contribution in [0.5, 0.6) is 0 Å². The van der Waals surface area contributed by atoms with Gasteiger partial charge in [0.2, 0.25) is 21.8 Å². The number of amides is 2. The number of benzene rings is 2. The van der Waals surface area contributed by atoms with Gasteiger partial charge >= 0.3 is 0 Å². The van der Waals surface area contributed by atoms with Crippen molar-refractivity contribution in [2.24, 2.45) is 0 Å². The van der Waals surface area contributed by atoms with Crippen molar-refractivity contribution < 1.29 is 18.0 Å². The van der Waals surface area contributed by atoms with E-state index in [0.29, 0.717) is 32.9 Å². The number of carbonyl (C=O) groups is 2. The summed E-state index contributed by atoms with van der Waals surface area (Å²) in [5.74, 6) is -0.593. The molecule has 0 fully saturated rings. The molecule has 0 aliphatic heterocycles. The minimum Gasteiger partial charge on any atom is -0.355 e. The molecule has 1 atom stereocenters. The zero-order valence-electron chi connectivity index (χ0n) is 20.1. The van der Waals surface area contributed by atoms with E-state index in [4.69, 9.17) is 34.8 Å². The van der Waals surface area contributed by atoms with Gasteiger partial charge in [0.25, 0.3) is 0 Å². The lowest BCUT2D eigenvalue weighted by Gasteiger charge is -2.30. The minimum atomic E-state index is -3.62. The van der Waals surface area contributed by atoms with Gasteiger partial charge in [0.15, 0.2) is 0 Å². The van der Waals surface area contributed by atoms with Gasteiger partial charge in [-0.2, -0.15) is 0 Å². The van der Waals surface area contributed by atoms with E-state index in [1.54, 1.807) is 57.2 Å². The summed E-state index contributed by atoms with van der Waals surface area (Å²) in [5, 5.41) is 4.00. The molecule has 0 heterocycles. The first-order valence-electron chi connectivity index (χ1n) is 11.1. The molecule has 2 amide bonds. The maximum absolute atomic E-state index is 13.3. The molecule has 0 aliphatic carbocycles. The highest BCUT2D eigenvalue weighted by Crippen LogP contribution is 2.27. The second kappa shape index (κ2) is 12.8. The molecule has 0 spiro atoms. The molecule has 0 bridgehead atoms. The van der Waals surface area contributed by atoms with Gasteiger partial charge in [-0.15, -0.1) is 0 Å². The number of nitrogens with one attached hydrogen (secondary N) is 1. The summed E-state index contributed by atoms with van der Waals surface area (Å²) in [7, 11) is -3.62. The second-order valence-corrected chi connectivity index (χ2v) is 11.4. The van der Waals surface area contributed by atoms with Crippen LogP contribution < -0.4 is 9.62 Å². The van der Waals surface area contributed by atoms with Crippen molar-refractivity contribution in [2.75, 3.05) is 23.7 Å². The predicted octanol–water partition coefficient (Wildman–Crippen LogP) is 5.05. The number of rotatable bonds is 11. The molecular formula is C24H30Cl3N3O4S. The van der Waals surface area contributed by atoms with E-state index in [9.17, 15) is 18.0 Å². The van der Waals surface area contributed by atoms with Gasteiger partial charge in [-0.1, -0.05) is 46.9 Å². The summed E-state index contributed by atoms with van der Waals surface area (Å²) in [6.45, 7) is 5.85.